The van der Waals surface area contributed by atoms with Gasteiger partial charge >= 0.3 is 0 Å². The molecular weight excluding hydrogens is 265 g/mol. The highest BCUT2D eigenvalue weighted by molar-refractivity contribution is 5.29. The number of hydrogen-bond acceptors (Lipinski definition) is 2. The van der Waals surface area contributed by atoms with Crippen molar-refractivity contribution in [2.75, 3.05) is 6.54 Å². The molecule has 0 radical (unpaired) electrons. The summed E-state index contributed by atoms with van der Waals surface area (Å²) in [5.41, 5.74) is 0.641. The van der Waals surface area contributed by atoms with Crippen LogP contribution in [0.15, 0.2) is 18.2 Å². The second kappa shape index (κ2) is 7.26. The largest absolute Gasteiger partial charge is 0.489 e. The highest BCUT2D eigenvalue weighted by Gasteiger charge is 2.35. The number of benzene rings is 1. The molecule has 2 rings (SSSR count). The maximum Gasteiger partial charge on any atom is 0.126 e. The van der Waals surface area contributed by atoms with Crippen molar-refractivity contribution in [3.63, 3.8) is 0 Å². The average molecular weight is 293 g/mol. The first kappa shape index (κ1) is 16.3. The molecule has 1 aliphatic carbocycles. The van der Waals surface area contributed by atoms with Crippen LogP contribution >= 0.6 is 0 Å². The van der Waals surface area contributed by atoms with Gasteiger partial charge < -0.3 is 10.1 Å². The normalized spacial score (nSPS) is 29.4. The Labute approximate surface area is 128 Å². The van der Waals surface area contributed by atoms with Crippen LogP contribution in [0.2, 0.25) is 0 Å². The van der Waals surface area contributed by atoms with E-state index in [9.17, 15) is 4.39 Å². The summed E-state index contributed by atoms with van der Waals surface area (Å²) in [5, 5.41) is 3.63. The molecule has 4 unspecified atom stereocenters. The first-order chi connectivity index (χ1) is 10.0. The maximum atomic E-state index is 13.4. The Balaban J connectivity index is 2.10. The Hall–Kier alpha value is -1.09. The van der Waals surface area contributed by atoms with E-state index in [0.717, 1.165) is 31.1 Å². The topological polar surface area (TPSA) is 21.3 Å². The van der Waals surface area contributed by atoms with Crippen LogP contribution in [0, 0.1) is 24.6 Å². The molecule has 21 heavy (non-hydrogen) atoms. The van der Waals surface area contributed by atoms with Gasteiger partial charge in [-0.1, -0.05) is 20.8 Å². The molecule has 118 valence electrons. The third-order valence-electron chi connectivity index (χ3n) is 4.45. The highest BCUT2D eigenvalue weighted by atomic mass is 19.1. The first-order valence-electron chi connectivity index (χ1n) is 8.17. The Bertz CT molecular complexity index is 463. The molecule has 0 heterocycles. The van der Waals surface area contributed by atoms with Crippen molar-refractivity contribution in [1.82, 2.24) is 5.32 Å². The SMILES string of the molecule is CCCNC1CC(C)CC(C)C1Oc1ccc(F)c(C)c1. The van der Waals surface area contributed by atoms with Crippen LogP contribution in [-0.2, 0) is 0 Å². The van der Waals surface area contributed by atoms with Gasteiger partial charge in [0.15, 0.2) is 0 Å². The quantitative estimate of drug-likeness (QED) is 0.873. The number of halogens is 1. The molecule has 2 nitrogen and oxygen atoms in total. The van der Waals surface area contributed by atoms with E-state index in [4.69, 9.17) is 4.74 Å². The second-order valence-electron chi connectivity index (χ2n) is 6.61. The third-order valence-corrected chi connectivity index (χ3v) is 4.45. The van der Waals surface area contributed by atoms with Gasteiger partial charge in [0.05, 0.1) is 0 Å². The third kappa shape index (κ3) is 4.19. The molecule has 3 heteroatoms. The zero-order valence-electron chi connectivity index (χ0n) is 13.7. The fraction of sp³-hybridized carbons (Fsp3) is 0.667. The number of hydrogen-bond donors (Lipinski definition) is 1. The molecule has 1 aliphatic rings. The van der Waals surface area contributed by atoms with Crippen molar-refractivity contribution in [3.8, 4) is 5.75 Å². The smallest absolute Gasteiger partial charge is 0.126 e. The lowest BCUT2D eigenvalue weighted by molar-refractivity contribution is 0.0476. The molecular formula is C18H28FNO. The Morgan fingerprint density at radius 2 is 2.05 bits per heavy atom. The summed E-state index contributed by atoms with van der Waals surface area (Å²) in [6.07, 6.45) is 3.63. The Morgan fingerprint density at radius 1 is 1.29 bits per heavy atom. The molecule has 1 N–H and O–H groups in total. The predicted octanol–water partition coefficient (Wildman–Crippen LogP) is 4.32. The van der Waals surface area contributed by atoms with Gasteiger partial charge in [-0.15, -0.1) is 0 Å². The van der Waals surface area contributed by atoms with Gasteiger partial charge in [0, 0.05) is 6.04 Å². The average Bonchev–Trinajstić information content (AvgIpc) is 2.43. The van der Waals surface area contributed by atoms with Gasteiger partial charge in [0.2, 0.25) is 0 Å². The molecule has 0 aliphatic heterocycles. The van der Waals surface area contributed by atoms with Gasteiger partial charge in [-0.3, -0.25) is 0 Å². The summed E-state index contributed by atoms with van der Waals surface area (Å²) in [6, 6.07) is 5.42. The van der Waals surface area contributed by atoms with Crippen LogP contribution in [0.25, 0.3) is 0 Å². The van der Waals surface area contributed by atoms with E-state index in [1.165, 1.54) is 12.5 Å². The Morgan fingerprint density at radius 3 is 2.71 bits per heavy atom. The molecule has 0 spiro atoms. The van der Waals surface area contributed by atoms with Gasteiger partial charge in [-0.05, 0) is 68.3 Å². The minimum atomic E-state index is -0.173. The van der Waals surface area contributed by atoms with Crippen LogP contribution < -0.4 is 10.1 Å². The number of ether oxygens (including phenoxy) is 1. The van der Waals surface area contributed by atoms with Crippen LogP contribution in [0.4, 0.5) is 4.39 Å². The monoisotopic (exact) mass is 293 g/mol. The minimum Gasteiger partial charge on any atom is -0.489 e. The fourth-order valence-corrected chi connectivity index (χ4v) is 3.40. The van der Waals surface area contributed by atoms with Gasteiger partial charge in [-0.25, -0.2) is 4.39 Å². The summed E-state index contributed by atoms with van der Waals surface area (Å²) in [5.74, 6) is 1.84. The summed E-state index contributed by atoms with van der Waals surface area (Å²) in [4.78, 5) is 0. The van der Waals surface area contributed by atoms with Crippen LogP contribution in [-0.4, -0.2) is 18.7 Å². The molecule has 1 aromatic rings. The molecule has 1 aromatic carbocycles. The molecule has 0 bridgehead atoms. The lowest BCUT2D eigenvalue weighted by atomic mass is 9.78. The predicted molar refractivity (Wildman–Crippen MR) is 85.2 cm³/mol. The van der Waals surface area contributed by atoms with E-state index < -0.39 is 0 Å². The molecule has 0 saturated heterocycles. The lowest BCUT2D eigenvalue weighted by Gasteiger charge is -2.40. The van der Waals surface area contributed by atoms with Crippen LogP contribution in [0.3, 0.4) is 0 Å². The number of rotatable bonds is 5. The summed E-state index contributed by atoms with van der Waals surface area (Å²) in [6.45, 7) is 9.56. The van der Waals surface area contributed by atoms with Crippen molar-refractivity contribution in [1.29, 1.82) is 0 Å². The van der Waals surface area contributed by atoms with E-state index in [1.807, 2.05) is 0 Å². The van der Waals surface area contributed by atoms with E-state index in [1.54, 1.807) is 19.1 Å². The fourth-order valence-electron chi connectivity index (χ4n) is 3.40. The van der Waals surface area contributed by atoms with Gasteiger partial charge in [0.1, 0.15) is 17.7 Å². The molecule has 0 amide bonds. The molecule has 1 saturated carbocycles. The minimum absolute atomic E-state index is 0.164. The zero-order chi connectivity index (χ0) is 15.4. The van der Waals surface area contributed by atoms with E-state index in [2.05, 4.69) is 26.1 Å². The van der Waals surface area contributed by atoms with Crippen LogP contribution in [0.1, 0.15) is 45.6 Å². The Kier molecular flexibility index (Phi) is 5.63. The summed E-state index contributed by atoms with van der Waals surface area (Å²) >= 11 is 0. The number of nitrogens with one attached hydrogen (secondary N) is 1. The van der Waals surface area contributed by atoms with Gasteiger partial charge in [-0.2, -0.15) is 0 Å². The van der Waals surface area contributed by atoms with Crippen molar-refractivity contribution in [2.24, 2.45) is 11.8 Å². The molecule has 4 atom stereocenters. The van der Waals surface area contributed by atoms with Crippen molar-refractivity contribution in [2.45, 2.75) is 59.1 Å². The standard InChI is InChI=1S/C18H28FNO/c1-5-8-20-17-10-12(2)9-14(4)18(17)21-15-6-7-16(19)13(3)11-15/h6-7,11-12,14,17-18,20H,5,8-10H2,1-4H3. The van der Waals surface area contributed by atoms with E-state index in [-0.39, 0.29) is 11.9 Å². The van der Waals surface area contributed by atoms with Crippen LogP contribution in [0.5, 0.6) is 5.75 Å². The molecule has 0 aromatic heterocycles. The first-order valence-corrected chi connectivity index (χ1v) is 8.17. The lowest BCUT2D eigenvalue weighted by Crippen LogP contribution is -2.51. The number of aryl methyl sites for hydroxylation is 1. The zero-order valence-corrected chi connectivity index (χ0v) is 13.7. The summed E-state index contributed by atoms with van der Waals surface area (Å²) in [7, 11) is 0. The van der Waals surface area contributed by atoms with Gasteiger partial charge in [0.25, 0.3) is 0 Å². The summed E-state index contributed by atoms with van der Waals surface area (Å²) < 4.78 is 19.6. The van der Waals surface area contributed by atoms with Crippen molar-refractivity contribution in [3.05, 3.63) is 29.6 Å². The highest BCUT2D eigenvalue weighted by Crippen LogP contribution is 2.32. The van der Waals surface area contributed by atoms with Crippen molar-refractivity contribution < 1.29 is 9.13 Å². The molecule has 1 fully saturated rings. The second-order valence-corrected chi connectivity index (χ2v) is 6.61. The van der Waals surface area contributed by atoms with Crippen molar-refractivity contribution >= 4 is 0 Å². The maximum absolute atomic E-state index is 13.4. The van der Waals surface area contributed by atoms with E-state index >= 15 is 0 Å². The van der Waals surface area contributed by atoms with E-state index in [0.29, 0.717) is 17.5 Å².